The number of hydrogen-bond donors (Lipinski definition) is 1. The Morgan fingerprint density at radius 1 is 0.889 bits per heavy atom. The van der Waals surface area contributed by atoms with Crippen molar-refractivity contribution in [3.63, 3.8) is 0 Å². The molecule has 0 aliphatic rings. The summed E-state index contributed by atoms with van der Waals surface area (Å²) in [4.78, 5) is 0. The van der Waals surface area contributed by atoms with Crippen molar-refractivity contribution in [3.05, 3.63) is 68.7 Å². The van der Waals surface area contributed by atoms with Gasteiger partial charge in [-0.2, -0.15) is 0 Å². The van der Waals surface area contributed by atoms with E-state index in [1.807, 2.05) is 18.2 Å². The Hall–Kier alpha value is -0.730. The lowest BCUT2D eigenvalue weighted by molar-refractivity contribution is 0.178. The summed E-state index contributed by atoms with van der Waals surface area (Å²) >= 11 is 17.7. The van der Waals surface area contributed by atoms with Crippen molar-refractivity contribution >= 4 is 34.8 Å². The maximum atomic E-state index is 10.2. The zero-order valence-corrected chi connectivity index (χ0v) is 11.7. The summed E-state index contributed by atoms with van der Waals surface area (Å²) < 4.78 is 0. The summed E-state index contributed by atoms with van der Waals surface area (Å²) in [6.45, 7) is 0. The normalized spacial score (nSPS) is 12.4. The second kappa shape index (κ2) is 5.94. The van der Waals surface area contributed by atoms with Gasteiger partial charge in [0.05, 0.1) is 6.10 Å². The molecule has 0 aliphatic heterocycles. The molecule has 0 aromatic heterocycles. The fourth-order valence-corrected chi connectivity index (χ4v) is 2.53. The first-order valence-corrected chi connectivity index (χ1v) is 6.56. The Morgan fingerprint density at radius 3 is 2.17 bits per heavy atom. The van der Waals surface area contributed by atoms with Crippen molar-refractivity contribution < 1.29 is 5.11 Å². The third-order valence-electron chi connectivity index (χ3n) is 2.59. The molecule has 4 heteroatoms. The van der Waals surface area contributed by atoms with Crippen molar-refractivity contribution in [1.29, 1.82) is 0 Å². The second-order valence-corrected chi connectivity index (χ2v) is 5.36. The van der Waals surface area contributed by atoms with Crippen LogP contribution >= 0.6 is 34.8 Å². The lowest BCUT2D eigenvalue weighted by atomic mass is 10.0. The topological polar surface area (TPSA) is 20.2 Å². The third-order valence-corrected chi connectivity index (χ3v) is 3.26. The Balaban J connectivity index is 2.19. The van der Waals surface area contributed by atoms with E-state index >= 15 is 0 Å². The van der Waals surface area contributed by atoms with Crippen LogP contribution in [0, 0.1) is 0 Å². The number of aliphatic hydroxyl groups excluding tert-OH is 1. The molecule has 94 valence electrons. The maximum Gasteiger partial charge on any atom is 0.0831 e. The maximum absolute atomic E-state index is 10.2. The molecule has 0 spiro atoms. The van der Waals surface area contributed by atoms with E-state index in [2.05, 4.69) is 0 Å². The van der Waals surface area contributed by atoms with E-state index in [0.29, 0.717) is 27.1 Å². The largest absolute Gasteiger partial charge is 0.388 e. The highest BCUT2D eigenvalue weighted by atomic mass is 35.5. The van der Waals surface area contributed by atoms with Gasteiger partial charge in [0.2, 0.25) is 0 Å². The lowest BCUT2D eigenvalue weighted by Crippen LogP contribution is -2.01. The molecule has 1 atom stereocenters. The van der Waals surface area contributed by atoms with E-state index in [4.69, 9.17) is 34.8 Å². The first kappa shape index (κ1) is 13.7. The van der Waals surface area contributed by atoms with Crippen LogP contribution in [0.3, 0.4) is 0 Å². The van der Waals surface area contributed by atoms with Gasteiger partial charge < -0.3 is 5.11 Å². The summed E-state index contributed by atoms with van der Waals surface area (Å²) in [5.41, 5.74) is 1.67. The van der Waals surface area contributed by atoms with Crippen LogP contribution in [0.25, 0.3) is 0 Å². The molecule has 0 amide bonds. The molecule has 0 bridgehead atoms. The van der Waals surface area contributed by atoms with Crippen molar-refractivity contribution in [2.24, 2.45) is 0 Å². The molecule has 2 rings (SSSR count). The zero-order valence-electron chi connectivity index (χ0n) is 9.41. The molecule has 2 aromatic rings. The van der Waals surface area contributed by atoms with E-state index < -0.39 is 6.10 Å². The molecule has 0 radical (unpaired) electrons. The van der Waals surface area contributed by atoms with Crippen molar-refractivity contribution in [1.82, 2.24) is 0 Å². The van der Waals surface area contributed by atoms with Crippen LogP contribution in [-0.4, -0.2) is 5.11 Å². The van der Waals surface area contributed by atoms with Crippen LogP contribution in [0.15, 0.2) is 42.5 Å². The molecule has 0 saturated heterocycles. The predicted molar refractivity (Wildman–Crippen MR) is 76.6 cm³/mol. The van der Waals surface area contributed by atoms with Gasteiger partial charge in [-0.25, -0.2) is 0 Å². The highest BCUT2D eigenvalue weighted by Crippen LogP contribution is 2.26. The number of hydrogen-bond acceptors (Lipinski definition) is 1. The molecule has 0 aliphatic carbocycles. The Labute approximate surface area is 121 Å². The standard InChI is InChI=1S/C14H11Cl3O/c15-11-3-1-2-9(4-11)5-14(18)10-6-12(16)8-13(17)7-10/h1-4,6-8,14,18H,5H2. The van der Waals surface area contributed by atoms with E-state index in [-0.39, 0.29) is 0 Å². The summed E-state index contributed by atoms with van der Waals surface area (Å²) in [5.74, 6) is 0. The van der Waals surface area contributed by atoms with E-state index in [1.165, 1.54) is 0 Å². The van der Waals surface area contributed by atoms with Gasteiger partial charge >= 0.3 is 0 Å². The van der Waals surface area contributed by atoms with Crippen LogP contribution < -0.4 is 0 Å². The minimum Gasteiger partial charge on any atom is -0.388 e. The fourth-order valence-electron chi connectivity index (χ4n) is 1.77. The van der Waals surface area contributed by atoms with Crippen LogP contribution in [0.5, 0.6) is 0 Å². The van der Waals surface area contributed by atoms with Crippen molar-refractivity contribution in [3.8, 4) is 0 Å². The molecule has 1 N–H and O–H groups in total. The summed E-state index contributed by atoms with van der Waals surface area (Å²) in [6.07, 6.45) is -0.184. The number of benzene rings is 2. The van der Waals surface area contributed by atoms with Crippen LogP contribution in [0.4, 0.5) is 0 Å². The van der Waals surface area contributed by atoms with Crippen LogP contribution in [0.2, 0.25) is 15.1 Å². The zero-order chi connectivity index (χ0) is 13.1. The smallest absolute Gasteiger partial charge is 0.0831 e. The molecule has 0 saturated carbocycles. The highest BCUT2D eigenvalue weighted by molar-refractivity contribution is 6.34. The molecule has 18 heavy (non-hydrogen) atoms. The van der Waals surface area contributed by atoms with Gasteiger partial charge in [-0.3, -0.25) is 0 Å². The van der Waals surface area contributed by atoms with Gasteiger partial charge in [-0.15, -0.1) is 0 Å². The minimum atomic E-state index is -0.653. The quantitative estimate of drug-likeness (QED) is 0.853. The molecule has 1 unspecified atom stereocenters. The van der Waals surface area contributed by atoms with E-state index in [1.54, 1.807) is 24.3 Å². The van der Waals surface area contributed by atoms with Gasteiger partial charge in [-0.1, -0.05) is 46.9 Å². The molecule has 2 aromatic carbocycles. The Kier molecular flexibility index (Phi) is 4.52. The third kappa shape index (κ3) is 3.63. The number of aliphatic hydroxyl groups is 1. The average Bonchev–Trinajstić information content (AvgIpc) is 2.27. The Bertz CT molecular complexity index is 534. The van der Waals surface area contributed by atoms with Crippen molar-refractivity contribution in [2.75, 3.05) is 0 Å². The minimum absolute atomic E-state index is 0.469. The fraction of sp³-hybridized carbons (Fsp3) is 0.143. The van der Waals surface area contributed by atoms with Gasteiger partial charge in [0.25, 0.3) is 0 Å². The Morgan fingerprint density at radius 2 is 1.56 bits per heavy atom. The monoisotopic (exact) mass is 300 g/mol. The summed E-state index contributed by atoms with van der Waals surface area (Å²) in [6, 6.07) is 12.5. The van der Waals surface area contributed by atoms with E-state index in [0.717, 1.165) is 5.56 Å². The first-order valence-electron chi connectivity index (χ1n) is 5.43. The van der Waals surface area contributed by atoms with Gasteiger partial charge in [0.1, 0.15) is 0 Å². The first-order chi connectivity index (χ1) is 8.54. The number of rotatable bonds is 3. The molecule has 0 fully saturated rings. The highest BCUT2D eigenvalue weighted by Gasteiger charge is 2.10. The number of halogens is 3. The summed E-state index contributed by atoms with van der Waals surface area (Å²) in [7, 11) is 0. The van der Waals surface area contributed by atoms with Crippen LogP contribution in [-0.2, 0) is 6.42 Å². The molecular weight excluding hydrogens is 291 g/mol. The summed E-state index contributed by atoms with van der Waals surface area (Å²) in [5, 5.41) is 11.8. The predicted octanol–water partition coefficient (Wildman–Crippen LogP) is 4.92. The van der Waals surface area contributed by atoms with Gasteiger partial charge in [-0.05, 0) is 41.5 Å². The van der Waals surface area contributed by atoms with E-state index in [9.17, 15) is 5.11 Å². The van der Waals surface area contributed by atoms with Crippen molar-refractivity contribution in [2.45, 2.75) is 12.5 Å². The second-order valence-electron chi connectivity index (χ2n) is 4.05. The van der Waals surface area contributed by atoms with Gasteiger partial charge in [0, 0.05) is 21.5 Å². The average molecular weight is 302 g/mol. The molecule has 1 nitrogen and oxygen atoms in total. The molecule has 0 heterocycles. The molecular formula is C14H11Cl3O. The lowest BCUT2D eigenvalue weighted by Gasteiger charge is -2.12. The van der Waals surface area contributed by atoms with Crippen LogP contribution in [0.1, 0.15) is 17.2 Å². The SMILES string of the molecule is OC(Cc1cccc(Cl)c1)c1cc(Cl)cc(Cl)c1. The van der Waals surface area contributed by atoms with Gasteiger partial charge in [0.15, 0.2) is 0 Å².